The first kappa shape index (κ1) is 12.8. The summed E-state index contributed by atoms with van der Waals surface area (Å²) in [7, 11) is 0. The van der Waals surface area contributed by atoms with Crippen molar-refractivity contribution in [2.24, 2.45) is 11.5 Å². The van der Waals surface area contributed by atoms with Gasteiger partial charge in [-0.25, -0.2) is 9.97 Å². The summed E-state index contributed by atoms with van der Waals surface area (Å²) < 4.78 is 0. The second-order valence-electron chi connectivity index (χ2n) is 4.51. The third kappa shape index (κ3) is 2.59. The summed E-state index contributed by atoms with van der Waals surface area (Å²) in [5.74, 6) is 0.0679. The van der Waals surface area contributed by atoms with Crippen LogP contribution in [0.2, 0.25) is 0 Å². The molecule has 1 amide bonds. The lowest BCUT2D eigenvalue weighted by atomic mass is 9.99. The molecule has 2 rings (SSSR count). The second kappa shape index (κ2) is 5.77. The molecule has 1 aromatic heterocycles. The van der Waals surface area contributed by atoms with Crippen LogP contribution in [-0.4, -0.2) is 35.0 Å². The van der Waals surface area contributed by atoms with E-state index in [0.717, 1.165) is 25.8 Å². The Hall–Kier alpha value is -1.69. The Bertz CT molecular complexity index is 421. The van der Waals surface area contributed by atoms with E-state index in [0.29, 0.717) is 18.4 Å². The van der Waals surface area contributed by atoms with Gasteiger partial charge in [-0.3, -0.25) is 4.79 Å². The summed E-state index contributed by atoms with van der Waals surface area (Å²) in [4.78, 5) is 21.8. The van der Waals surface area contributed by atoms with Crippen LogP contribution in [0, 0.1) is 0 Å². The lowest BCUT2D eigenvalue weighted by Gasteiger charge is -2.36. The SMILES string of the molecule is NCCC1CCCCN1c1nccnc1C(N)=O. The van der Waals surface area contributed by atoms with Gasteiger partial charge in [0.25, 0.3) is 5.91 Å². The Kier molecular flexibility index (Phi) is 4.09. The lowest BCUT2D eigenvalue weighted by Crippen LogP contribution is -2.42. The molecule has 0 saturated carbocycles. The molecule has 1 aromatic rings. The van der Waals surface area contributed by atoms with Crippen molar-refractivity contribution >= 4 is 11.7 Å². The Morgan fingerprint density at radius 3 is 2.89 bits per heavy atom. The van der Waals surface area contributed by atoms with E-state index < -0.39 is 5.91 Å². The van der Waals surface area contributed by atoms with Crippen molar-refractivity contribution in [2.45, 2.75) is 31.7 Å². The number of piperidine rings is 1. The van der Waals surface area contributed by atoms with Crippen LogP contribution in [0.25, 0.3) is 0 Å². The summed E-state index contributed by atoms with van der Waals surface area (Å²) in [6.45, 7) is 1.51. The molecule has 0 aliphatic carbocycles. The molecule has 0 radical (unpaired) electrons. The molecule has 0 bridgehead atoms. The van der Waals surface area contributed by atoms with E-state index in [4.69, 9.17) is 11.5 Å². The average Bonchev–Trinajstić information content (AvgIpc) is 2.40. The molecule has 1 aliphatic heterocycles. The van der Waals surface area contributed by atoms with Crippen LogP contribution in [-0.2, 0) is 0 Å². The first-order valence-corrected chi connectivity index (χ1v) is 6.31. The number of hydrogen-bond acceptors (Lipinski definition) is 5. The van der Waals surface area contributed by atoms with Crippen molar-refractivity contribution in [2.75, 3.05) is 18.0 Å². The van der Waals surface area contributed by atoms with Crippen LogP contribution >= 0.6 is 0 Å². The van der Waals surface area contributed by atoms with Gasteiger partial charge in [0.05, 0.1) is 0 Å². The molecule has 1 saturated heterocycles. The van der Waals surface area contributed by atoms with E-state index in [1.807, 2.05) is 0 Å². The highest BCUT2D eigenvalue weighted by Gasteiger charge is 2.26. The number of nitrogens with two attached hydrogens (primary N) is 2. The van der Waals surface area contributed by atoms with Crippen molar-refractivity contribution in [3.63, 3.8) is 0 Å². The maximum atomic E-state index is 11.4. The third-order valence-corrected chi connectivity index (χ3v) is 3.31. The number of nitrogens with zero attached hydrogens (tertiary/aromatic N) is 3. The summed E-state index contributed by atoms with van der Waals surface area (Å²) in [6, 6.07) is 0.332. The Morgan fingerprint density at radius 2 is 2.17 bits per heavy atom. The zero-order chi connectivity index (χ0) is 13.0. The molecule has 98 valence electrons. The first-order valence-electron chi connectivity index (χ1n) is 6.31. The van der Waals surface area contributed by atoms with Gasteiger partial charge in [-0.15, -0.1) is 0 Å². The number of hydrogen-bond donors (Lipinski definition) is 2. The van der Waals surface area contributed by atoms with Crippen LogP contribution in [0.1, 0.15) is 36.2 Å². The van der Waals surface area contributed by atoms with Crippen molar-refractivity contribution in [3.8, 4) is 0 Å². The van der Waals surface area contributed by atoms with E-state index in [1.165, 1.54) is 12.6 Å². The van der Waals surface area contributed by atoms with Crippen molar-refractivity contribution in [3.05, 3.63) is 18.1 Å². The number of carbonyl (C=O) groups excluding carboxylic acids is 1. The zero-order valence-electron chi connectivity index (χ0n) is 10.4. The molecule has 6 nitrogen and oxygen atoms in total. The number of primary amides is 1. The minimum atomic E-state index is -0.532. The van der Waals surface area contributed by atoms with Gasteiger partial charge in [-0.05, 0) is 32.2 Å². The zero-order valence-corrected chi connectivity index (χ0v) is 10.4. The molecule has 4 N–H and O–H groups in total. The minimum absolute atomic E-state index is 0.251. The van der Waals surface area contributed by atoms with Crippen LogP contribution in [0.15, 0.2) is 12.4 Å². The van der Waals surface area contributed by atoms with E-state index in [2.05, 4.69) is 14.9 Å². The molecule has 6 heteroatoms. The number of rotatable bonds is 4. The Balaban J connectivity index is 2.30. The topological polar surface area (TPSA) is 98.1 Å². The normalized spacial score (nSPS) is 19.8. The predicted octanol–water partition coefficient (Wildman–Crippen LogP) is 0.283. The van der Waals surface area contributed by atoms with Crippen molar-refractivity contribution in [1.82, 2.24) is 9.97 Å². The molecule has 1 aliphatic rings. The Morgan fingerprint density at radius 1 is 1.39 bits per heavy atom. The number of amides is 1. The van der Waals surface area contributed by atoms with Gasteiger partial charge >= 0.3 is 0 Å². The first-order chi connectivity index (χ1) is 8.74. The summed E-state index contributed by atoms with van der Waals surface area (Å²) >= 11 is 0. The predicted molar refractivity (Wildman–Crippen MR) is 69.2 cm³/mol. The molecule has 18 heavy (non-hydrogen) atoms. The fraction of sp³-hybridized carbons (Fsp3) is 0.583. The summed E-state index contributed by atoms with van der Waals surface area (Å²) in [6.07, 6.45) is 7.34. The quantitative estimate of drug-likeness (QED) is 0.798. The fourth-order valence-electron chi connectivity index (χ4n) is 2.49. The number of carbonyl (C=O) groups is 1. The molecule has 1 atom stereocenters. The maximum Gasteiger partial charge on any atom is 0.271 e. The number of anilines is 1. The van der Waals surface area contributed by atoms with Gasteiger partial charge in [0.1, 0.15) is 0 Å². The van der Waals surface area contributed by atoms with Gasteiger partial charge in [0.2, 0.25) is 0 Å². The lowest BCUT2D eigenvalue weighted by molar-refractivity contribution is 0.0995. The van der Waals surface area contributed by atoms with Crippen LogP contribution in [0.5, 0.6) is 0 Å². The van der Waals surface area contributed by atoms with Crippen LogP contribution < -0.4 is 16.4 Å². The highest BCUT2D eigenvalue weighted by Crippen LogP contribution is 2.26. The monoisotopic (exact) mass is 249 g/mol. The maximum absolute atomic E-state index is 11.4. The number of aromatic nitrogens is 2. The van der Waals surface area contributed by atoms with E-state index >= 15 is 0 Å². The highest BCUT2D eigenvalue weighted by molar-refractivity contribution is 5.95. The molecule has 1 unspecified atom stereocenters. The largest absolute Gasteiger partial charge is 0.364 e. The molecule has 0 aromatic carbocycles. The van der Waals surface area contributed by atoms with Gasteiger partial charge < -0.3 is 16.4 Å². The van der Waals surface area contributed by atoms with Gasteiger partial charge in [0.15, 0.2) is 11.5 Å². The fourth-order valence-corrected chi connectivity index (χ4v) is 2.49. The van der Waals surface area contributed by atoms with Gasteiger partial charge in [-0.1, -0.05) is 0 Å². The molecule has 2 heterocycles. The Labute approximate surface area is 106 Å². The summed E-state index contributed by atoms with van der Waals surface area (Å²) in [5, 5.41) is 0. The average molecular weight is 249 g/mol. The third-order valence-electron chi connectivity index (χ3n) is 3.31. The highest BCUT2D eigenvalue weighted by atomic mass is 16.1. The standard InChI is InChI=1S/C12H19N5O/c13-5-4-9-3-1-2-8-17(9)12-10(11(14)18)15-6-7-16-12/h6-7,9H,1-5,8,13H2,(H2,14,18). The van der Waals surface area contributed by atoms with Crippen molar-refractivity contribution < 1.29 is 4.79 Å². The molecule has 0 spiro atoms. The molecule has 1 fully saturated rings. The smallest absolute Gasteiger partial charge is 0.271 e. The van der Waals surface area contributed by atoms with Crippen LogP contribution in [0.3, 0.4) is 0 Å². The van der Waals surface area contributed by atoms with E-state index in [9.17, 15) is 4.79 Å². The molecular formula is C12H19N5O. The van der Waals surface area contributed by atoms with Gasteiger partial charge in [0, 0.05) is 25.0 Å². The molecular weight excluding hydrogens is 230 g/mol. The summed E-state index contributed by atoms with van der Waals surface area (Å²) in [5.41, 5.74) is 11.2. The van der Waals surface area contributed by atoms with E-state index in [1.54, 1.807) is 6.20 Å². The van der Waals surface area contributed by atoms with E-state index in [-0.39, 0.29) is 5.69 Å². The van der Waals surface area contributed by atoms with Gasteiger partial charge in [-0.2, -0.15) is 0 Å². The minimum Gasteiger partial charge on any atom is -0.364 e. The second-order valence-corrected chi connectivity index (χ2v) is 4.51. The van der Waals surface area contributed by atoms with Crippen LogP contribution in [0.4, 0.5) is 5.82 Å². The van der Waals surface area contributed by atoms with Crippen molar-refractivity contribution in [1.29, 1.82) is 0 Å².